The molecule has 1 aliphatic carbocycles. The van der Waals surface area contributed by atoms with Crippen LogP contribution < -0.4 is 10.0 Å². The maximum atomic E-state index is 12.4. The Morgan fingerprint density at radius 1 is 1.12 bits per heavy atom. The lowest BCUT2D eigenvalue weighted by molar-refractivity contribution is 0.0910. The molecule has 0 bridgehead atoms. The van der Waals surface area contributed by atoms with E-state index in [1.165, 1.54) is 18.6 Å². The molecule has 3 atom stereocenters. The highest BCUT2D eigenvalue weighted by Gasteiger charge is 2.24. The van der Waals surface area contributed by atoms with E-state index in [-0.39, 0.29) is 29.5 Å². The second-order valence-corrected chi connectivity index (χ2v) is 9.12. The first-order valence-electron chi connectivity index (χ1n) is 9.48. The minimum absolute atomic E-state index is 0.0488. The number of hydrogen-bond donors (Lipinski definition) is 2. The highest BCUT2D eigenvalue weighted by molar-refractivity contribution is 7.89. The number of nitrogens with one attached hydrogen (secondary N) is 2. The van der Waals surface area contributed by atoms with Gasteiger partial charge in [-0.1, -0.05) is 19.8 Å². The van der Waals surface area contributed by atoms with Gasteiger partial charge in [-0.2, -0.15) is 0 Å². The van der Waals surface area contributed by atoms with E-state index >= 15 is 0 Å². The van der Waals surface area contributed by atoms with Gasteiger partial charge in [0.05, 0.1) is 11.0 Å². The summed E-state index contributed by atoms with van der Waals surface area (Å²) in [5.74, 6) is 0.342. The summed E-state index contributed by atoms with van der Waals surface area (Å²) in [5.41, 5.74) is 0.487. The molecule has 2 aliphatic rings. The number of carbonyl (C=O) groups is 1. The Kier molecular flexibility index (Phi) is 6.32. The van der Waals surface area contributed by atoms with Crippen LogP contribution in [0.2, 0.25) is 0 Å². The highest BCUT2D eigenvalue weighted by Crippen LogP contribution is 2.24. The van der Waals surface area contributed by atoms with Gasteiger partial charge in [0.1, 0.15) is 0 Å². The monoisotopic (exact) mass is 380 g/mol. The number of carbonyl (C=O) groups excluding carboxylic acids is 1. The van der Waals surface area contributed by atoms with Crippen molar-refractivity contribution >= 4 is 15.9 Å². The zero-order valence-corrected chi connectivity index (χ0v) is 16.1. The fourth-order valence-corrected chi connectivity index (χ4v) is 4.73. The first-order chi connectivity index (χ1) is 12.5. The van der Waals surface area contributed by atoms with Gasteiger partial charge in [-0.3, -0.25) is 4.79 Å². The third-order valence-corrected chi connectivity index (χ3v) is 6.82. The second-order valence-electron chi connectivity index (χ2n) is 7.35. The molecule has 1 aliphatic heterocycles. The van der Waals surface area contributed by atoms with Gasteiger partial charge in [0, 0.05) is 24.8 Å². The lowest BCUT2D eigenvalue weighted by Crippen LogP contribution is -2.41. The third-order valence-electron chi connectivity index (χ3n) is 5.38. The molecule has 1 amide bonds. The summed E-state index contributed by atoms with van der Waals surface area (Å²) >= 11 is 0. The largest absolute Gasteiger partial charge is 0.377 e. The molecule has 2 N–H and O–H groups in total. The molecule has 1 heterocycles. The van der Waals surface area contributed by atoms with Crippen LogP contribution in [0.5, 0.6) is 0 Å². The number of rotatable bonds is 6. The molecule has 1 aromatic carbocycles. The van der Waals surface area contributed by atoms with Crippen LogP contribution in [0.1, 0.15) is 55.8 Å². The molecule has 1 saturated heterocycles. The summed E-state index contributed by atoms with van der Waals surface area (Å²) < 4.78 is 32.7. The summed E-state index contributed by atoms with van der Waals surface area (Å²) in [5, 5.41) is 3.08. The standard InChI is InChI=1S/C19H28N2O4S/c1-14-5-2-3-7-18(14)21-19(22)15-8-10-17(11-9-15)26(23,24)20-13-16-6-4-12-25-16/h8-11,14,16,18,20H,2-7,12-13H2,1H3,(H,21,22)/t14-,16-,18+/m1/s1. The smallest absolute Gasteiger partial charge is 0.251 e. The molecule has 0 spiro atoms. The van der Waals surface area contributed by atoms with Crippen molar-refractivity contribution in [2.24, 2.45) is 5.92 Å². The summed E-state index contributed by atoms with van der Waals surface area (Å²) in [6.07, 6.45) is 6.30. The summed E-state index contributed by atoms with van der Waals surface area (Å²) in [4.78, 5) is 12.6. The Morgan fingerprint density at radius 2 is 1.85 bits per heavy atom. The van der Waals surface area contributed by atoms with E-state index in [9.17, 15) is 13.2 Å². The van der Waals surface area contributed by atoms with Crippen molar-refractivity contribution in [3.05, 3.63) is 29.8 Å². The molecule has 0 aromatic heterocycles. The fourth-order valence-electron chi connectivity index (χ4n) is 3.66. The highest BCUT2D eigenvalue weighted by atomic mass is 32.2. The normalized spacial score (nSPS) is 26.6. The minimum Gasteiger partial charge on any atom is -0.377 e. The number of ether oxygens (including phenoxy) is 1. The molecule has 144 valence electrons. The predicted octanol–water partition coefficient (Wildman–Crippen LogP) is 2.45. The van der Waals surface area contributed by atoms with Crippen LogP contribution in [-0.4, -0.2) is 39.6 Å². The van der Waals surface area contributed by atoms with Crippen LogP contribution >= 0.6 is 0 Å². The maximum absolute atomic E-state index is 12.4. The molecule has 0 radical (unpaired) electrons. The Hall–Kier alpha value is -1.44. The van der Waals surface area contributed by atoms with Crippen molar-refractivity contribution in [1.82, 2.24) is 10.0 Å². The van der Waals surface area contributed by atoms with Gasteiger partial charge in [-0.05, 0) is 55.9 Å². The Balaban J connectivity index is 1.58. The Morgan fingerprint density at radius 3 is 2.50 bits per heavy atom. The molecular formula is C19H28N2O4S. The minimum atomic E-state index is -3.59. The summed E-state index contributed by atoms with van der Waals surface area (Å²) in [6, 6.07) is 6.31. The molecule has 2 fully saturated rings. The van der Waals surface area contributed by atoms with Gasteiger partial charge in [0.25, 0.3) is 5.91 Å². The number of amides is 1. The molecule has 1 aromatic rings. The number of sulfonamides is 1. The molecule has 26 heavy (non-hydrogen) atoms. The van der Waals surface area contributed by atoms with E-state index in [0.29, 0.717) is 18.1 Å². The van der Waals surface area contributed by atoms with Crippen molar-refractivity contribution < 1.29 is 17.9 Å². The van der Waals surface area contributed by atoms with Gasteiger partial charge < -0.3 is 10.1 Å². The predicted molar refractivity (Wildman–Crippen MR) is 99.5 cm³/mol. The number of hydrogen-bond acceptors (Lipinski definition) is 4. The maximum Gasteiger partial charge on any atom is 0.251 e. The summed E-state index contributed by atoms with van der Waals surface area (Å²) in [7, 11) is -3.59. The van der Waals surface area contributed by atoms with E-state index in [0.717, 1.165) is 32.1 Å². The van der Waals surface area contributed by atoms with E-state index in [4.69, 9.17) is 4.74 Å². The van der Waals surface area contributed by atoms with Crippen LogP contribution in [0.25, 0.3) is 0 Å². The van der Waals surface area contributed by atoms with Crippen LogP contribution in [0.3, 0.4) is 0 Å². The van der Waals surface area contributed by atoms with Crippen LogP contribution in [0.4, 0.5) is 0 Å². The van der Waals surface area contributed by atoms with E-state index < -0.39 is 10.0 Å². The summed E-state index contributed by atoms with van der Waals surface area (Å²) in [6.45, 7) is 3.14. The second kappa shape index (κ2) is 8.50. The van der Waals surface area contributed by atoms with E-state index in [1.807, 2.05) is 0 Å². The van der Waals surface area contributed by atoms with Crippen molar-refractivity contribution in [2.75, 3.05) is 13.2 Å². The average molecular weight is 381 g/mol. The lowest BCUT2D eigenvalue weighted by atomic mass is 9.86. The van der Waals surface area contributed by atoms with Gasteiger partial charge in [0.2, 0.25) is 10.0 Å². The molecule has 6 nitrogen and oxygen atoms in total. The molecule has 1 saturated carbocycles. The molecular weight excluding hydrogens is 352 g/mol. The SMILES string of the molecule is C[C@@H]1CCCC[C@@H]1NC(=O)c1ccc(S(=O)(=O)NC[C@H]2CCCO2)cc1. The van der Waals surface area contributed by atoms with Gasteiger partial charge in [0.15, 0.2) is 0 Å². The van der Waals surface area contributed by atoms with Crippen LogP contribution in [0, 0.1) is 5.92 Å². The Labute approximate surface area is 155 Å². The topological polar surface area (TPSA) is 84.5 Å². The fraction of sp³-hybridized carbons (Fsp3) is 0.632. The molecule has 0 unspecified atom stereocenters. The average Bonchev–Trinajstić information content (AvgIpc) is 3.16. The Bertz CT molecular complexity index is 712. The van der Waals surface area contributed by atoms with Crippen molar-refractivity contribution in [3.63, 3.8) is 0 Å². The zero-order chi connectivity index (χ0) is 18.6. The van der Waals surface area contributed by atoms with Gasteiger partial charge in [-0.15, -0.1) is 0 Å². The van der Waals surface area contributed by atoms with Crippen LogP contribution in [-0.2, 0) is 14.8 Å². The van der Waals surface area contributed by atoms with Crippen molar-refractivity contribution in [1.29, 1.82) is 0 Å². The van der Waals surface area contributed by atoms with Crippen molar-refractivity contribution in [2.45, 2.75) is 62.5 Å². The van der Waals surface area contributed by atoms with Crippen molar-refractivity contribution in [3.8, 4) is 0 Å². The first-order valence-corrected chi connectivity index (χ1v) is 11.0. The van der Waals surface area contributed by atoms with E-state index in [1.54, 1.807) is 12.1 Å². The number of benzene rings is 1. The third kappa shape index (κ3) is 4.84. The molecule has 3 rings (SSSR count). The van der Waals surface area contributed by atoms with Gasteiger partial charge >= 0.3 is 0 Å². The molecule has 7 heteroatoms. The lowest BCUT2D eigenvalue weighted by Gasteiger charge is -2.29. The van der Waals surface area contributed by atoms with Crippen LogP contribution in [0.15, 0.2) is 29.2 Å². The quantitative estimate of drug-likeness (QED) is 0.794. The van der Waals surface area contributed by atoms with Gasteiger partial charge in [-0.25, -0.2) is 13.1 Å². The first kappa shape index (κ1) is 19.3. The van der Waals surface area contributed by atoms with E-state index in [2.05, 4.69) is 17.0 Å². The zero-order valence-electron chi connectivity index (χ0n) is 15.2.